The zero-order valence-electron chi connectivity index (χ0n) is 14.3. The van der Waals surface area contributed by atoms with Gasteiger partial charge in [-0.1, -0.05) is 38.5 Å². The SMILES string of the molecule is Cc1ccc(OC[C@@H](O)CN2CCOCC2)c(C(C)(C)C)c1. The molecule has 0 radical (unpaired) electrons. The van der Waals surface area contributed by atoms with Crippen LogP contribution in [0.1, 0.15) is 31.9 Å². The first-order valence-electron chi connectivity index (χ1n) is 8.08. The lowest BCUT2D eigenvalue weighted by Crippen LogP contribution is -2.42. The predicted molar refractivity (Wildman–Crippen MR) is 88.6 cm³/mol. The average molecular weight is 307 g/mol. The van der Waals surface area contributed by atoms with Crippen molar-refractivity contribution in [3.05, 3.63) is 29.3 Å². The fraction of sp³-hybridized carbons (Fsp3) is 0.667. The van der Waals surface area contributed by atoms with Gasteiger partial charge < -0.3 is 14.6 Å². The second kappa shape index (κ2) is 7.44. The van der Waals surface area contributed by atoms with Crippen LogP contribution >= 0.6 is 0 Å². The van der Waals surface area contributed by atoms with Crippen LogP contribution in [0.25, 0.3) is 0 Å². The Labute approximate surface area is 134 Å². The summed E-state index contributed by atoms with van der Waals surface area (Å²) >= 11 is 0. The summed E-state index contributed by atoms with van der Waals surface area (Å²) in [6, 6.07) is 6.24. The van der Waals surface area contributed by atoms with Gasteiger partial charge in [0.1, 0.15) is 18.5 Å². The number of rotatable bonds is 5. The topological polar surface area (TPSA) is 41.9 Å². The molecule has 0 spiro atoms. The predicted octanol–water partition coefficient (Wildman–Crippen LogP) is 2.36. The van der Waals surface area contributed by atoms with E-state index in [1.807, 2.05) is 6.07 Å². The first kappa shape index (κ1) is 17.3. The molecule has 22 heavy (non-hydrogen) atoms. The van der Waals surface area contributed by atoms with Crippen molar-refractivity contribution in [2.24, 2.45) is 0 Å². The normalized spacial score (nSPS) is 18.2. The number of hydrogen-bond acceptors (Lipinski definition) is 4. The van der Waals surface area contributed by atoms with Gasteiger partial charge in [-0.25, -0.2) is 0 Å². The van der Waals surface area contributed by atoms with Crippen molar-refractivity contribution in [1.29, 1.82) is 0 Å². The largest absolute Gasteiger partial charge is 0.491 e. The second-order valence-corrected chi connectivity index (χ2v) is 7.13. The van der Waals surface area contributed by atoms with Gasteiger partial charge in [0.15, 0.2) is 0 Å². The minimum absolute atomic E-state index is 0.0243. The minimum Gasteiger partial charge on any atom is -0.491 e. The molecule has 0 aromatic heterocycles. The van der Waals surface area contributed by atoms with Crippen molar-refractivity contribution in [3.8, 4) is 5.75 Å². The fourth-order valence-electron chi connectivity index (χ4n) is 2.68. The Hall–Kier alpha value is -1.10. The molecule has 0 amide bonds. The van der Waals surface area contributed by atoms with E-state index in [1.54, 1.807) is 0 Å². The Balaban J connectivity index is 1.93. The van der Waals surface area contributed by atoms with E-state index >= 15 is 0 Å². The van der Waals surface area contributed by atoms with Gasteiger partial charge in [0.05, 0.1) is 13.2 Å². The molecule has 1 fully saturated rings. The number of aryl methyl sites for hydroxylation is 1. The van der Waals surface area contributed by atoms with Crippen LogP contribution in [0.15, 0.2) is 18.2 Å². The Morgan fingerprint density at radius 2 is 1.95 bits per heavy atom. The van der Waals surface area contributed by atoms with Crippen LogP contribution in [0.5, 0.6) is 5.75 Å². The van der Waals surface area contributed by atoms with E-state index in [9.17, 15) is 5.11 Å². The van der Waals surface area contributed by atoms with Crippen molar-refractivity contribution < 1.29 is 14.6 Å². The van der Waals surface area contributed by atoms with Gasteiger partial charge >= 0.3 is 0 Å². The third-order valence-corrected chi connectivity index (χ3v) is 3.95. The molecule has 1 aliphatic heterocycles. The third-order valence-electron chi connectivity index (χ3n) is 3.95. The summed E-state index contributed by atoms with van der Waals surface area (Å²) in [6.45, 7) is 12.9. The number of β-amino-alcohol motifs (C(OH)–C–C–N with tert-alkyl or cyclic N) is 1. The maximum Gasteiger partial charge on any atom is 0.123 e. The standard InChI is InChI=1S/C18H29NO3/c1-14-5-6-17(16(11-14)18(2,3)4)22-13-15(20)12-19-7-9-21-10-8-19/h5-6,11,15,20H,7-10,12-13H2,1-4H3/t15-/m0/s1. The summed E-state index contributed by atoms with van der Waals surface area (Å²) in [4.78, 5) is 2.22. The Kier molecular flexibility index (Phi) is 5.84. The van der Waals surface area contributed by atoms with Gasteiger partial charge in [-0.15, -0.1) is 0 Å². The van der Waals surface area contributed by atoms with Crippen LogP contribution in [0, 0.1) is 6.92 Å². The summed E-state index contributed by atoms with van der Waals surface area (Å²) in [5.74, 6) is 0.874. The molecule has 0 unspecified atom stereocenters. The maximum absolute atomic E-state index is 10.2. The lowest BCUT2D eigenvalue weighted by atomic mass is 9.85. The van der Waals surface area contributed by atoms with Gasteiger partial charge in [0, 0.05) is 19.6 Å². The molecule has 2 rings (SSSR count). The molecule has 1 aliphatic rings. The van der Waals surface area contributed by atoms with E-state index in [1.165, 1.54) is 11.1 Å². The number of nitrogens with zero attached hydrogens (tertiary/aromatic N) is 1. The van der Waals surface area contributed by atoms with Gasteiger partial charge in [-0.05, 0) is 24.0 Å². The zero-order valence-corrected chi connectivity index (χ0v) is 14.3. The quantitative estimate of drug-likeness (QED) is 0.907. The number of morpholine rings is 1. The molecule has 1 aromatic carbocycles. The zero-order chi connectivity index (χ0) is 16.2. The van der Waals surface area contributed by atoms with E-state index in [0.717, 1.165) is 32.1 Å². The van der Waals surface area contributed by atoms with Gasteiger partial charge in [0.2, 0.25) is 0 Å². The van der Waals surface area contributed by atoms with Crippen LogP contribution in [-0.2, 0) is 10.2 Å². The smallest absolute Gasteiger partial charge is 0.123 e. The molecule has 1 N–H and O–H groups in total. The molecule has 4 nitrogen and oxygen atoms in total. The van der Waals surface area contributed by atoms with E-state index in [0.29, 0.717) is 13.2 Å². The lowest BCUT2D eigenvalue weighted by molar-refractivity contribution is 0.00450. The molecule has 1 aromatic rings. The van der Waals surface area contributed by atoms with E-state index < -0.39 is 6.10 Å². The molecule has 4 heteroatoms. The highest BCUT2D eigenvalue weighted by atomic mass is 16.5. The van der Waals surface area contributed by atoms with Crippen LogP contribution < -0.4 is 4.74 Å². The number of aliphatic hydroxyl groups is 1. The molecule has 0 aliphatic carbocycles. The van der Waals surface area contributed by atoms with E-state index in [2.05, 4.69) is 44.7 Å². The molecule has 0 saturated carbocycles. The monoisotopic (exact) mass is 307 g/mol. The van der Waals surface area contributed by atoms with Crippen molar-refractivity contribution in [2.45, 2.75) is 39.2 Å². The molecule has 0 bridgehead atoms. The van der Waals surface area contributed by atoms with Crippen molar-refractivity contribution in [2.75, 3.05) is 39.5 Å². The molecule has 1 atom stereocenters. The van der Waals surface area contributed by atoms with Crippen LogP contribution in [0.3, 0.4) is 0 Å². The number of ether oxygens (including phenoxy) is 2. The van der Waals surface area contributed by atoms with Crippen molar-refractivity contribution in [3.63, 3.8) is 0 Å². The molecular formula is C18H29NO3. The summed E-state index contributed by atoms with van der Waals surface area (Å²) in [5.41, 5.74) is 2.44. The van der Waals surface area contributed by atoms with Gasteiger partial charge in [0.25, 0.3) is 0 Å². The van der Waals surface area contributed by atoms with Gasteiger partial charge in [-0.2, -0.15) is 0 Å². The Morgan fingerprint density at radius 3 is 2.59 bits per heavy atom. The Morgan fingerprint density at radius 1 is 1.27 bits per heavy atom. The second-order valence-electron chi connectivity index (χ2n) is 7.13. The summed E-state index contributed by atoms with van der Waals surface area (Å²) < 4.78 is 11.2. The third kappa shape index (κ3) is 4.97. The number of benzene rings is 1. The Bertz CT molecular complexity index is 476. The van der Waals surface area contributed by atoms with Crippen LogP contribution in [0.4, 0.5) is 0 Å². The number of hydrogen-bond donors (Lipinski definition) is 1. The van der Waals surface area contributed by atoms with Gasteiger partial charge in [-0.3, -0.25) is 4.90 Å². The van der Waals surface area contributed by atoms with E-state index in [4.69, 9.17) is 9.47 Å². The highest BCUT2D eigenvalue weighted by Gasteiger charge is 2.20. The van der Waals surface area contributed by atoms with Crippen LogP contribution in [0.2, 0.25) is 0 Å². The van der Waals surface area contributed by atoms with Crippen LogP contribution in [-0.4, -0.2) is 55.6 Å². The molecule has 124 valence electrons. The highest BCUT2D eigenvalue weighted by molar-refractivity contribution is 5.41. The summed E-state index contributed by atoms with van der Waals surface area (Å²) in [6.07, 6.45) is -0.479. The van der Waals surface area contributed by atoms with Crippen molar-refractivity contribution in [1.82, 2.24) is 4.90 Å². The highest BCUT2D eigenvalue weighted by Crippen LogP contribution is 2.32. The number of aliphatic hydroxyl groups excluding tert-OH is 1. The summed E-state index contributed by atoms with van der Waals surface area (Å²) in [7, 11) is 0. The average Bonchev–Trinajstić information content (AvgIpc) is 2.46. The minimum atomic E-state index is -0.479. The first-order valence-corrected chi connectivity index (χ1v) is 8.08. The maximum atomic E-state index is 10.2. The lowest BCUT2D eigenvalue weighted by Gasteiger charge is -2.29. The summed E-state index contributed by atoms with van der Waals surface area (Å²) in [5, 5.41) is 10.2. The van der Waals surface area contributed by atoms with E-state index in [-0.39, 0.29) is 5.41 Å². The van der Waals surface area contributed by atoms with Crippen molar-refractivity contribution >= 4 is 0 Å². The molecular weight excluding hydrogens is 278 g/mol. The molecule has 1 heterocycles. The first-order chi connectivity index (χ1) is 10.4. The molecule has 1 saturated heterocycles. The fourth-order valence-corrected chi connectivity index (χ4v) is 2.68.